The number of aromatic nitrogens is 4. The van der Waals surface area contributed by atoms with E-state index in [4.69, 9.17) is 0 Å². The molecule has 5 rings (SSSR count). The summed E-state index contributed by atoms with van der Waals surface area (Å²) in [6.45, 7) is -0.128. The number of carbonyl (C=O) groups is 2. The molecule has 40 heavy (non-hydrogen) atoms. The van der Waals surface area contributed by atoms with Gasteiger partial charge in [0.2, 0.25) is 22.1 Å². The Morgan fingerprint density at radius 3 is 1.62 bits per heavy atom. The fourth-order valence-corrected chi connectivity index (χ4v) is 6.73. The molecule has 0 spiro atoms. The molecule has 4 aromatic rings. The average molecular weight is 579 g/mol. The third kappa shape index (κ3) is 7.33. The number of aliphatic hydroxyl groups excluding tert-OH is 2. The molecule has 2 heterocycles. The van der Waals surface area contributed by atoms with Crippen LogP contribution in [0, 0.1) is 0 Å². The predicted octanol–water partition coefficient (Wildman–Crippen LogP) is 4.18. The van der Waals surface area contributed by atoms with Gasteiger partial charge in [-0.1, -0.05) is 77.6 Å². The van der Waals surface area contributed by atoms with Crippen molar-refractivity contribution in [2.45, 2.75) is 63.6 Å². The second kappa shape index (κ2) is 13.2. The number of anilines is 2. The zero-order valence-electron chi connectivity index (χ0n) is 21.7. The minimum atomic E-state index is -0.177. The Balaban J connectivity index is 1.14. The molecule has 0 radical (unpaired) electrons. The largest absolute Gasteiger partial charge is 0.392 e. The number of amides is 2. The van der Waals surface area contributed by atoms with Crippen LogP contribution in [-0.2, 0) is 35.6 Å². The van der Waals surface area contributed by atoms with Crippen LogP contribution >= 0.6 is 22.7 Å². The molecule has 0 aliphatic heterocycles. The lowest BCUT2D eigenvalue weighted by molar-refractivity contribution is -0.116. The topological polar surface area (TPSA) is 150 Å². The normalized spacial score (nSPS) is 16.9. The Kier molecular flexibility index (Phi) is 9.22. The van der Waals surface area contributed by atoms with Gasteiger partial charge in [0.25, 0.3) is 0 Å². The number of carbonyl (C=O) groups excluding carboxylic acids is 2. The first-order chi connectivity index (χ1) is 19.5. The minimum Gasteiger partial charge on any atom is -0.392 e. The van der Waals surface area contributed by atoms with Crippen molar-refractivity contribution in [3.63, 3.8) is 0 Å². The fraction of sp³-hybridized carbons (Fsp3) is 0.357. The molecule has 1 saturated carbocycles. The molecule has 0 bridgehead atoms. The van der Waals surface area contributed by atoms with Crippen LogP contribution in [0.1, 0.15) is 69.8 Å². The smallest absolute Gasteiger partial charge is 0.230 e. The van der Waals surface area contributed by atoms with E-state index in [0.29, 0.717) is 10.3 Å². The van der Waals surface area contributed by atoms with Crippen molar-refractivity contribution in [2.24, 2.45) is 0 Å². The Hall–Kier alpha value is -3.58. The molecule has 2 unspecified atom stereocenters. The lowest BCUT2D eigenvalue weighted by Gasteiger charge is -2.25. The summed E-state index contributed by atoms with van der Waals surface area (Å²) in [5.74, 6) is 0.0699. The van der Waals surface area contributed by atoms with E-state index in [-0.39, 0.29) is 49.7 Å². The summed E-state index contributed by atoms with van der Waals surface area (Å²) in [6, 6.07) is 14.6. The molecule has 1 aliphatic rings. The van der Waals surface area contributed by atoms with Crippen LogP contribution < -0.4 is 10.6 Å². The second-order valence-electron chi connectivity index (χ2n) is 9.86. The second-order valence-corrected chi connectivity index (χ2v) is 11.9. The van der Waals surface area contributed by atoms with E-state index in [2.05, 4.69) is 31.0 Å². The van der Waals surface area contributed by atoms with Crippen molar-refractivity contribution in [3.05, 3.63) is 80.8 Å². The number of rotatable bonds is 10. The van der Waals surface area contributed by atoms with Crippen LogP contribution in [0.5, 0.6) is 0 Å². The Labute approximate surface area is 239 Å². The van der Waals surface area contributed by atoms with Crippen molar-refractivity contribution in [1.29, 1.82) is 0 Å². The SMILES string of the molecule is O=C(Cc1cccc(CO)c1)Nc1nnc(C2CCCC(c3nnc(NC(=O)Cc4cccc(CO)c4)s3)C2)s1. The highest BCUT2D eigenvalue weighted by Gasteiger charge is 2.29. The third-order valence-electron chi connectivity index (χ3n) is 6.82. The van der Waals surface area contributed by atoms with Gasteiger partial charge in [-0.2, -0.15) is 0 Å². The van der Waals surface area contributed by atoms with Crippen LogP contribution in [0.15, 0.2) is 48.5 Å². The van der Waals surface area contributed by atoms with Gasteiger partial charge in [-0.15, -0.1) is 20.4 Å². The van der Waals surface area contributed by atoms with Crippen molar-refractivity contribution in [1.82, 2.24) is 20.4 Å². The summed E-state index contributed by atoms with van der Waals surface area (Å²) >= 11 is 2.80. The van der Waals surface area contributed by atoms with E-state index in [1.165, 1.54) is 22.7 Å². The van der Waals surface area contributed by atoms with Gasteiger partial charge < -0.3 is 20.8 Å². The minimum absolute atomic E-state index is 0.0638. The van der Waals surface area contributed by atoms with Gasteiger partial charge in [0.05, 0.1) is 26.1 Å². The Bertz CT molecular complexity index is 1360. The number of aliphatic hydroxyl groups is 2. The first-order valence-corrected chi connectivity index (χ1v) is 14.8. The third-order valence-corrected chi connectivity index (χ3v) is 8.83. The van der Waals surface area contributed by atoms with E-state index in [9.17, 15) is 19.8 Å². The molecular formula is C28H30N6O4S2. The summed E-state index contributed by atoms with van der Waals surface area (Å²) in [5, 5.41) is 44.2. The van der Waals surface area contributed by atoms with Gasteiger partial charge in [-0.3, -0.25) is 9.59 Å². The molecule has 2 aromatic carbocycles. The van der Waals surface area contributed by atoms with Gasteiger partial charge in [-0.05, 0) is 41.5 Å². The number of nitrogens with zero attached hydrogens (tertiary/aromatic N) is 4. The molecule has 10 nitrogen and oxygen atoms in total. The lowest BCUT2D eigenvalue weighted by atomic mass is 9.82. The number of hydrogen-bond acceptors (Lipinski definition) is 10. The highest BCUT2D eigenvalue weighted by Crippen LogP contribution is 2.43. The van der Waals surface area contributed by atoms with Crippen LogP contribution in [0.3, 0.4) is 0 Å². The average Bonchev–Trinajstić information content (AvgIpc) is 3.63. The summed E-state index contributed by atoms with van der Waals surface area (Å²) in [7, 11) is 0. The van der Waals surface area contributed by atoms with Crippen LogP contribution in [-0.4, -0.2) is 42.4 Å². The zero-order chi connectivity index (χ0) is 27.9. The number of hydrogen-bond donors (Lipinski definition) is 4. The first kappa shape index (κ1) is 28.0. The van der Waals surface area contributed by atoms with Crippen molar-refractivity contribution >= 4 is 44.8 Å². The molecule has 1 fully saturated rings. The summed E-state index contributed by atoms with van der Waals surface area (Å²) in [5.41, 5.74) is 3.19. The quantitative estimate of drug-likeness (QED) is 0.219. The number of benzene rings is 2. The molecule has 1 aliphatic carbocycles. The molecule has 208 valence electrons. The van der Waals surface area contributed by atoms with Gasteiger partial charge in [0.1, 0.15) is 10.0 Å². The van der Waals surface area contributed by atoms with Crippen molar-refractivity contribution in [2.75, 3.05) is 10.6 Å². The molecule has 2 amide bonds. The first-order valence-electron chi connectivity index (χ1n) is 13.1. The van der Waals surface area contributed by atoms with Crippen LogP contribution in [0.2, 0.25) is 0 Å². The zero-order valence-corrected chi connectivity index (χ0v) is 23.4. The van der Waals surface area contributed by atoms with Crippen LogP contribution in [0.25, 0.3) is 0 Å². The van der Waals surface area contributed by atoms with E-state index in [1.807, 2.05) is 48.5 Å². The maximum atomic E-state index is 12.5. The van der Waals surface area contributed by atoms with E-state index in [0.717, 1.165) is 58.0 Å². The van der Waals surface area contributed by atoms with E-state index in [1.54, 1.807) is 0 Å². The van der Waals surface area contributed by atoms with Crippen molar-refractivity contribution < 1.29 is 19.8 Å². The van der Waals surface area contributed by atoms with E-state index < -0.39 is 0 Å². The molecule has 12 heteroatoms. The van der Waals surface area contributed by atoms with Gasteiger partial charge in [-0.25, -0.2) is 0 Å². The molecule has 4 N–H and O–H groups in total. The molecule has 0 saturated heterocycles. The standard InChI is InChI=1S/C28H30N6O4S2/c35-15-19-6-1-4-17(10-19)12-23(37)29-27-33-31-25(39-27)21-8-3-9-22(14-21)26-32-34-28(40-26)30-24(38)13-18-5-2-7-20(11-18)16-36/h1-2,4-7,10-11,21-22,35-36H,3,8-9,12-16H2,(H,29,33,37)(H,30,34,38). The molecular weight excluding hydrogens is 548 g/mol. The van der Waals surface area contributed by atoms with E-state index >= 15 is 0 Å². The highest BCUT2D eigenvalue weighted by atomic mass is 32.1. The summed E-state index contributed by atoms with van der Waals surface area (Å²) in [6.07, 6.45) is 4.23. The maximum Gasteiger partial charge on any atom is 0.230 e. The molecule has 2 atom stereocenters. The highest BCUT2D eigenvalue weighted by molar-refractivity contribution is 7.15. The van der Waals surface area contributed by atoms with Crippen LogP contribution in [0.4, 0.5) is 10.3 Å². The number of nitrogens with one attached hydrogen (secondary N) is 2. The van der Waals surface area contributed by atoms with Gasteiger partial charge in [0.15, 0.2) is 0 Å². The summed E-state index contributed by atoms with van der Waals surface area (Å²) in [4.78, 5) is 25.1. The predicted molar refractivity (Wildman–Crippen MR) is 153 cm³/mol. The monoisotopic (exact) mass is 578 g/mol. The van der Waals surface area contributed by atoms with Gasteiger partial charge in [0, 0.05) is 11.8 Å². The Morgan fingerprint density at radius 1 is 0.725 bits per heavy atom. The van der Waals surface area contributed by atoms with Crippen molar-refractivity contribution in [3.8, 4) is 0 Å². The lowest BCUT2D eigenvalue weighted by Crippen LogP contribution is -2.14. The van der Waals surface area contributed by atoms with Gasteiger partial charge >= 0.3 is 0 Å². The Morgan fingerprint density at radius 2 is 1.18 bits per heavy atom. The fourth-order valence-electron chi connectivity index (χ4n) is 4.91. The summed E-state index contributed by atoms with van der Waals surface area (Å²) < 4.78 is 0. The maximum absolute atomic E-state index is 12.5. The molecule has 2 aromatic heterocycles.